The predicted molar refractivity (Wildman–Crippen MR) is 85.0 cm³/mol. The van der Waals surface area contributed by atoms with Crippen molar-refractivity contribution < 1.29 is 14.9 Å². The summed E-state index contributed by atoms with van der Waals surface area (Å²) >= 11 is 0. The highest BCUT2D eigenvalue weighted by molar-refractivity contribution is 4.50. The summed E-state index contributed by atoms with van der Waals surface area (Å²) < 4.78 is 5.27. The first-order chi connectivity index (χ1) is 9.81. The molecule has 0 heterocycles. The minimum absolute atomic E-state index is 0.210. The van der Waals surface area contributed by atoms with Gasteiger partial charge in [0.25, 0.3) is 0 Å². The maximum Gasteiger partial charge on any atom is 0.100 e. The van der Waals surface area contributed by atoms with Gasteiger partial charge < -0.3 is 14.9 Å². The number of rotatable bonds is 16. The molecule has 0 aromatic rings. The second-order valence-electron chi connectivity index (χ2n) is 5.80. The van der Waals surface area contributed by atoms with E-state index in [-0.39, 0.29) is 13.2 Å². The molecule has 0 fully saturated rings. The molecule has 0 aliphatic rings. The Balaban J connectivity index is 2.96. The second-order valence-corrected chi connectivity index (χ2v) is 5.80. The van der Waals surface area contributed by atoms with Gasteiger partial charge in [-0.05, 0) is 6.42 Å². The van der Waals surface area contributed by atoms with E-state index >= 15 is 0 Å². The van der Waals surface area contributed by atoms with Crippen molar-refractivity contribution in [1.82, 2.24) is 0 Å². The van der Waals surface area contributed by atoms with Crippen molar-refractivity contribution in [3.8, 4) is 0 Å². The highest BCUT2D eigenvalue weighted by Gasteiger charge is 2.00. The predicted octanol–water partition coefficient (Wildman–Crippen LogP) is 4.06. The van der Waals surface area contributed by atoms with Crippen molar-refractivity contribution in [3.05, 3.63) is 0 Å². The minimum Gasteiger partial charge on any atom is -0.394 e. The first-order valence-corrected chi connectivity index (χ1v) is 8.68. The van der Waals surface area contributed by atoms with Crippen LogP contribution >= 0.6 is 0 Å². The lowest BCUT2D eigenvalue weighted by Gasteiger charge is -2.08. The van der Waals surface area contributed by atoms with Crippen LogP contribution in [0.15, 0.2) is 0 Å². The second kappa shape index (κ2) is 16.9. The van der Waals surface area contributed by atoms with E-state index in [0.717, 1.165) is 6.42 Å². The molecule has 0 radical (unpaired) electrons. The molecule has 0 aliphatic heterocycles. The number of hydrogen-bond acceptors (Lipinski definition) is 3. The van der Waals surface area contributed by atoms with Crippen LogP contribution in [0.4, 0.5) is 0 Å². The van der Waals surface area contributed by atoms with Gasteiger partial charge in [0, 0.05) is 6.61 Å². The quantitative estimate of drug-likeness (QED) is 0.421. The van der Waals surface area contributed by atoms with E-state index < -0.39 is 6.10 Å². The molecule has 122 valence electrons. The Morgan fingerprint density at radius 2 is 1.20 bits per heavy atom. The van der Waals surface area contributed by atoms with Gasteiger partial charge in [0.2, 0.25) is 0 Å². The Kier molecular flexibility index (Phi) is 16.8. The third kappa shape index (κ3) is 15.9. The van der Waals surface area contributed by atoms with E-state index in [1.165, 1.54) is 70.6 Å². The molecular weight excluding hydrogens is 252 g/mol. The summed E-state index contributed by atoms with van der Waals surface area (Å²) in [5.41, 5.74) is 0. The normalized spacial score (nSPS) is 12.8. The van der Waals surface area contributed by atoms with Gasteiger partial charge in [-0.2, -0.15) is 0 Å². The topological polar surface area (TPSA) is 49.7 Å². The molecule has 0 spiro atoms. The molecule has 0 saturated heterocycles. The van der Waals surface area contributed by atoms with Gasteiger partial charge in [-0.3, -0.25) is 0 Å². The minimum atomic E-state index is -0.715. The van der Waals surface area contributed by atoms with E-state index in [2.05, 4.69) is 6.92 Å². The lowest BCUT2D eigenvalue weighted by molar-refractivity contribution is 0.00526. The largest absolute Gasteiger partial charge is 0.394 e. The lowest BCUT2D eigenvalue weighted by Crippen LogP contribution is -2.19. The molecule has 2 N–H and O–H groups in total. The fraction of sp³-hybridized carbons (Fsp3) is 1.00. The summed E-state index contributed by atoms with van der Waals surface area (Å²) in [7, 11) is 0. The van der Waals surface area contributed by atoms with Gasteiger partial charge in [-0.1, -0.05) is 77.6 Å². The molecule has 1 unspecified atom stereocenters. The van der Waals surface area contributed by atoms with Crippen LogP contribution in [0.1, 0.15) is 84.0 Å². The Morgan fingerprint density at radius 1 is 0.750 bits per heavy atom. The van der Waals surface area contributed by atoms with Crippen molar-refractivity contribution in [1.29, 1.82) is 0 Å². The smallest absolute Gasteiger partial charge is 0.100 e. The molecule has 0 saturated carbocycles. The number of ether oxygens (including phenoxy) is 1. The number of unbranched alkanes of at least 4 members (excludes halogenated alkanes) is 11. The van der Waals surface area contributed by atoms with E-state index in [1.807, 2.05) is 0 Å². The average molecular weight is 288 g/mol. The first-order valence-electron chi connectivity index (χ1n) is 8.68. The van der Waals surface area contributed by atoms with Crippen molar-refractivity contribution in [3.63, 3.8) is 0 Å². The molecule has 0 rings (SSSR count). The summed E-state index contributed by atoms with van der Waals surface area (Å²) in [6.07, 6.45) is 15.4. The van der Waals surface area contributed by atoms with Crippen molar-refractivity contribution in [2.24, 2.45) is 0 Å². The van der Waals surface area contributed by atoms with Crippen molar-refractivity contribution in [2.45, 2.75) is 90.1 Å². The molecular formula is C17H36O3. The summed E-state index contributed by atoms with van der Waals surface area (Å²) in [5, 5.41) is 17.7. The summed E-state index contributed by atoms with van der Waals surface area (Å²) in [6, 6.07) is 0. The molecule has 3 nitrogen and oxygen atoms in total. The standard InChI is InChI=1S/C17H36O3/c1-2-3-4-5-6-7-8-9-10-11-12-13-14-20-16-17(19)15-18/h17-19H,2-16H2,1H3. The fourth-order valence-corrected chi connectivity index (χ4v) is 2.32. The SMILES string of the molecule is CCCCCCCCCCCCCCOCC(O)CO. The van der Waals surface area contributed by atoms with Gasteiger partial charge in [-0.15, -0.1) is 0 Å². The van der Waals surface area contributed by atoms with Gasteiger partial charge in [0.15, 0.2) is 0 Å². The van der Waals surface area contributed by atoms with Gasteiger partial charge >= 0.3 is 0 Å². The Bertz CT molecular complexity index is 174. The zero-order valence-electron chi connectivity index (χ0n) is 13.5. The molecule has 3 heteroatoms. The van der Waals surface area contributed by atoms with E-state index in [1.54, 1.807) is 0 Å². The van der Waals surface area contributed by atoms with Crippen LogP contribution < -0.4 is 0 Å². The van der Waals surface area contributed by atoms with Crippen LogP contribution in [0, 0.1) is 0 Å². The zero-order chi connectivity index (χ0) is 14.9. The van der Waals surface area contributed by atoms with Crippen LogP contribution in [0.3, 0.4) is 0 Å². The Hall–Kier alpha value is -0.120. The fourth-order valence-electron chi connectivity index (χ4n) is 2.32. The van der Waals surface area contributed by atoms with Crippen molar-refractivity contribution >= 4 is 0 Å². The van der Waals surface area contributed by atoms with Crippen LogP contribution in [0.25, 0.3) is 0 Å². The zero-order valence-corrected chi connectivity index (χ0v) is 13.5. The van der Waals surface area contributed by atoms with Crippen LogP contribution in [0.5, 0.6) is 0 Å². The monoisotopic (exact) mass is 288 g/mol. The number of hydrogen-bond donors (Lipinski definition) is 2. The van der Waals surface area contributed by atoms with E-state index in [4.69, 9.17) is 14.9 Å². The number of aliphatic hydroxyl groups is 2. The van der Waals surface area contributed by atoms with E-state index in [0.29, 0.717) is 6.61 Å². The first kappa shape index (κ1) is 19.9. The summed E-state index contributed by atoms with van der Waals surface area (Å²) in [6.45, 7) is 3.02. The average Bonchev–Trinajstić information content (AvgIpc) is 2.47. The molecule has 0 aliphatic carbocycles. The Labute approximate surface area is 125 Å². The molecule has 0 aromatic carbocycles. The highest BCUT2D eigenvalue weighted by atomic mass is 16.5. The van der Waals surface area contributed by atoms with Crippen LogP contribution in [-0.2, 0) is 4.74 Å². The summed E-state index contributed by atoms with van der Waals surface area (Å²) in [5.74, 6) is 0. The maximum absolute atomic E-state index is 9.07. The molecule has 0 aromatic heterocycles. The highest BCUT2D eigenvalue weighted by Crippen LogP contribution is 2.11. The molecule has 1 atom stereocenters. The van der Waals surface area contributed by atoms with Gasteiger partial charge in [0.05, 0.1) is 13.2 Å². The lowest BCUT2D eigenvalue weighted by atomic mass is 10.1. The summed E-state index contributed by atoms with van der Waals surface area (Å²) in [4.78, 5) is 0. The maximum atomic E-state index is 9.07. The van der Waals surface area contributed by atoms with E-state index in [9.17, 15) is 0 Å². The van der Waals surface area contributed by atoms with Gasteiger partial charge in [-0.25, -0.2) is 0 Å². The number of aliphatic hydroxyl groups excluding tert-OH is 2. The molecule has 20 heavy (non-hydrogen) atoms. The molecule has 0 amide bonds. The third-order valence-electron chi connectivity index (χ3n) is 3.66. The van der Waals surface area contributed by atoms with Crippen LogP contribution in [0.2, 0.25) is 0 Å². The molecule has 0 bridgehead atoms. The van der Waals surface area contributed by atoms with Gasteiger partial charge in [0.1, 0.15) is 6.10 Å². The Morgan fingerprint density at radius 3 is 1.65 bits per heavy atom. The van der Waals surface area contributed by atoms with Crippen LogP contribution in [-0.4, -0.2) is 36.1 Å². The van der Waals surface area contributed by atoms with Crippen molar-refractivity contribution in [2.75, 3.05) is 19.8 Å². The third-order valence-corrected chi connectivity index (χ3v) is 3.66.